The van der Waals surface area contributed by atoms with Gasteiger partial charge in [0.2, 0.25) is 0 Å². The van der Waals surface area contributed by atoms with Gasteiger partial charge in [-0.1, -0.05) is 12.1 Å². The lowest BCUT2D eigenvalue weighted by Gasteiger charge is -2.18. The van der Waals surface area contributed by atoms with Crippen LogP contribution in [0.2, 0.25) is 0 Å². The van der Waals surface area contributed by atoms with E-state index in [0.29, 0.717) is 18.1 Å². The smallest absolute Gasteiger partial charge is 0.273 e. The molecule has 1 amide bonds. The lowest BCUT2D eigenvalue weighted by atomic mass is 10.2. The van der Waals surface area contributed by atoms with Crippen LogP contribution in [-0.2, 0) is 6.54 Å². The highest BCUT2D eigenvalue weighted by Gasteiger charge is 2.11. The third kappa shape index (κ3) is 3.72. The Hall–Kier alpha value is -2.63. The summed E-state index contributed by atoms with van der Waals surface area (Å²) in [5.74, 6) is 1.39. The van der Waals surface area contributed by atoms with Crippen LogP contribution in [-0.4, -0.2) is 49.3 Å². The quantitative estimate of drug-likeness (QED) is 0.843. The Morgan fingerprint density at radius 1 is 1.05 bits per heavy atom. The molecule has 0 radical (unpaired) electrons. The van der Waals surface area contributed by atoms with Crippen molar-refractivity contribution in [1.82, 2.24) is 15.1 Å². The SMILES string of the molecule is COc1ccc(CN(C)c2ccc(C(=O)N(C)C)nn2)cc1. The molecule has 6 heteroatoms. The van der Waals surface area contributed by atoms with Gasteiger partial charge in [-0.25, -0.2) is 0 Å². The largest absolute Gasteiger partial charge is 0.497 e. The number of hydrogen-bond donors (Lipinski definition) is 0. The molecule has 0 aliphatic carbocycles. The Morgan fingerprint density at radius 3 is 2.23 bits per heavy atom. The number of hydrogen-bond acceptors (Lipinski definition) is 5. The summed E-state index contributed by atoms with van der Waals surface area (Å²) in [6.07, 6.45) is 0. The van der Waals surface area contributed by atoms with Crippen LogP contribution in [0.25, 0.3) is 0 Å². The molecule has 0 N–H and O–H groups in total. The van der Waals surface area contributed by atoms with Crippen molar-refractivity contribution in [2.24, 2.45) is 0 Å². The average molecular weight is 300 g/mol. The van der Waals surface area contributed by atoms with Crippen molar-refractivity contribution in [2.75, 3.05) is 33.2 Å². The first-order chi connectivity index (χ1) is 10.5. The van der Waals surface area contributed by atoms with Gasteiger partial charge in [0.25, 0.3) is 5.91 Å². The Morgan fingerprint density at radius 2 is 1.73 bits per heavy atom. The van der Waals surface area contributed by atoms with E-state index >= 15 is 0 Å². The number of anilines is 1. The number of methoxy groups -OCH3 is 1. The molecule has 0 spiro atoms. The molecule has 1 aromatic carbocycles. The molecule has 22 heavy (non-hydrogen) atoms. The van der Waals surface area contributed by atoms with Crippen molar-refractivity contribution in [1.29, 1.82) is 0 Å². The van der Waals surface area contributed by atoms with Gasteiger partial charge in [0, 0.05) is 27.7 Å². The van der Waals surface area contributed by atoms with Gasteiger partial charge in [0.15, 0.2) is 11.5 Å². The standard InChI is InChI=1S/C16H20N4O2/c1-19(2)16(21)14-9-10-15(18-17-14)20(3)11-12-5-7-13(22-4)8-6-12/h5-10H,11H2,1-4H3. The molecule has 0 bridgehead atoms. The van der Waals surface area contributed by atoms with Crippen molar-refractivity contribution in [2.45, 2.75) is 6.54 Å². The zero-order valence-electron chi connectivity index (χ0n) is 13.3. The summed E-state index contributed by atoms with van der Waals surface area (Å²) in [7, 11) is 6.95. The van der Waals surface area contributed by atoms with E-state index < -0.39 is 0 Å². The normalized spacial score (nSPS) is 10.2. The molecule has 0 saturated carbocycles. The second-order valence-corrected chi connectivity index (χ2v) is 5.18. The van der Waals surface area contributed by atoms with Crippen molar-refractivity contribution in [3.63, 3.8) is 0 Å². The van der Waals surface area contributed by atoms with Gasteiger partial charge < -0.3 is 14.5 Å². The highest BCUT2D eigenvalue weighted by molar-refractivity contribution is 5.91. The number of carbonyl (C=O) groups excluding carboxylic acids is 1. The minimum atomic E-state index is -0.156. The molecule has 1 heterocycles. The summed E-state index contributed by atoms with van der Waals surface area (Å²) in [5, 5.41) is 8.10. The van der Waals surface area contributed by atoms with Gasteiger partial charge in [-0.15, -0.1) is 10.2 Å². The molecule has 116 valence electrons. The summed E-state index contributed by atoms with van der Waals surface area (Å²) >= 11 is 0. The summed E-state index contributed by atoms with van der Waals surface area (Å²) < 4.78 is 5.14. The Balaban J connectivity index is 2.05. The molecule has 6 nitrogen and oxygen atoms in total. The summed E-state index contributed by atoms with van der Waals surface area (Å²) in [6.45, 7) is 0.694. The van der Waals surface area contributed by atoms with Crippen LogP contribution < -0.4 is 9.64 Å². The molecule has 0 unspecified atom stereocenters. The van der Waals surface area contributed by atoms with Crippen LogP contribution in [0.3, 0.4) is 0 Å². The lowest BCUT2D eigenvalue weighted by molar-refractivity contribution is 0.0821. The van der Waals surface area contributed by atoms with E-state index in [-0.39, 0.29) is 5.91 Å². The number of aromatic nitrogens is 2. The summed E-state index contributed by atoms with van der Waals surface area (Å²) in [6, 6.07) is 11.4. The monoisotopic (exact) mass is 300 g/mol. The van der Waals surface area contributed by atoms with Crippen LogP contribution in [0, 0.1) is 0 Å². The molecule has 0 saturated heterocycles. The molecule has 1 aromatic heterocycles. The topological polar surface area (TPSA) is 58.6 Å². The van der Waals surface area contributed by atoms with Crippen LogP contribution in [0.1, 0.15) is 16.1 Å². The summed E-state index contributed by atoms with van der Waals surface area (Å²) in [5.41, 5.74) is 1.48. The zero-order chi connectivity index (χ0) is 16.1. The number of ether oxygens (including phenoxy) is 1. The van der Waals surface area contributed by atoms with E-state index in [4.69, 9.17) is 4.74 Å². The van der Waals surface area contributed by atoms with Crippen molar-refractivity contribution in [3.05, 3.63) is 47.7 Å². The maximum Gasteiger partial charge on any atom is 0.273 e. The van der Waals surface area contributed by atoms with E-state index in [1.54, 1.807) is 33.3 Å². The van der Waals surface area contributed by atoms with Crippen LogP contribution in [0.5, 0.6) is 5.75 Å². The fourth-order valence-corrected chi connectivity index (χ4v) is 1.96. The highest BCUT2D eigenvalue weighted by Crippen LogP contribution is 2.15. The number of carbonyl (C=O) groups is 1. The first-order valence-electron chi connectivity index (χ1n) is 6.90. The minimum absolute atomic E-state index is 0.156. The Labute approximate surface area is 130 Å². The van der Waals surface area contributed by atoms with Crippen LogP contribution in [0.4, 0.5) is 5.82 Å². The van der Waals surface area contributed by atoms with Gasteiger partial charge in [-0.3, -0.25) is 4.79 Å². The van der Waals surface area contributed by atoms with Gasteiger partial charge in [0.05, 0.1) is 7.11 Å². The van der Waals surface area contributed by atoms with E-state index in [9.17, 15) is 4.79 Å². The molecule has 0 aliphatic heterocycles. The predicted molar refractivity (Wildman–Crippen MR) is 85.2 cm³/mol. The van der Waals surface area contributed by atoms with Crippen molar-refractivity contribution < 1.29 is 9.53 Å². The first kappa shape index (κ1) is 15.8. The van der Waals surface area contributed by atoms with Gasteiger partial charge in [-0.05, 0) is 29.8 Å². The fraction of sp³-hybridized carbons (Fsp3) is 0.312. The number of rotatable bonds is 5. The third-order valence-corrected chi connectivity index (χ3v) is 3.25. The molecule has 0 fully saturated rings. The third-order valence-electron chi connectivity index (χ3n) is 3.25. The van der Waals surface area contributed by atoms with Gasteiger partial charge in [0.1, 0.15) is 5.75 Å². The summed E-state index contributed by atoms with van der Waals surface area (Å²) in [4.78, 5) is 15.2. The average Bonchev–Trinajstić information content (AvgIpc) is 2.55. The number of amides is 1. The predicted octanol–water partition coefficient (Wildman–Crippen LogP) is 1.82. The highest BCUT2D eigenvalue weighted by atomic mass is 16.5. The molecular formula is C16H20N4O2. The molecular weight excluding hydrogens is 280 g/mol. The molecule has 0 aliphatic rings. The van der Waals surface area contributed by atoms with E-state index in [2.05, 4.69) is 10.2 Å². The van der Waals surface area contributed by atoms with E-state index in [0.717, 1.165) is 11.3 Å². The maximum absolute atomic E-state index is 11.8. The van der Waals surface area contributed by atoms with Crippen molar-refractivity contribution >= 4 is 11.7 Å². The number of benzene rings is 1. The van der Waals surface area contributed by atoms with Gasteiger partial charge in [-0.2, -0.15) is 0 Å². The molecule has 2 aromatic rings. The second kappa shape index (κ2) is 6.89. The van der Waals surface area contributed by atoms with E-state index in [1.165, 1.54) is 4.90 Å². The van der Waals surface area contributed by atoms with Crippen molar-refractivity contribution in [3.8, 4) is 5.75 Å². The fourth-order valence-electron chi connectivity index (χ4n) is 1.96. The molecule has 2 rings (SSSR count). The maximum atomic E-state index is 11.8. The first-order valence-corrected chi connectivity index (χ1v) is 6.90. The Kier molecular flexibility index (Phi) is 4.93. The van der Waals surface area contributed by atoms with Crippen LogP contribution in [0.15, 0.2) is 36.4 Å². The number of nitrogens with zero attached hydrogens (tertiary/aromatic N) is 4. The zero-order valence-corrected chi connectivity index (χ0v) is 13.3. The van der Waals surface area contributed by atoms with Crippen LogP contribution >= 0.6 is 0 Å². The Bertz CT molecular complexity index is 624. The molecule has 0 atom stereocenters. The van der Waals surface area contributed by atoms with E-state index in [1.807, 2.05) is 36.2 Å². The minimum Gasteiger partial charge on any atom is -0.497 e. The van der Waals surface area contributed by atoms with Gasteiger partial charge >= 0.3 is 0 Å². The second-order valence-electron chi connectivity index (χ2n) is 5.18. The lowest BCUT2D eigenvalue weighted by Crippen LogP contribution is -2.24.